The Morgan fingerprint density at radius 1 is 1.13 bits per heavy atom. The molecule has 3 aromatic heterocycles. The quantitative estimate of drug-likeness (QED) is 0.425. The van der Waals surface area contributed by atoms with E-state index in [1.165, 1.54) is 10.5 Å². The second kappa shape index (κ2) is 7.15. The second-order valence-corrected chi connectivity index (χ2v) is 7.28. The molecule has 0 spiro atoms. The minimum Gasteiger partial charge on any atom is -0.464 e. The fourth-order valence-corrected chi connectivity index (χ4v) is 3.70. The van der Waals surface area contributed by atoms with E-state index in [-0.39, 0.29) is 18.6 Å². The molecule has 6 heteroatoms. The monoisotopic (exact) mass is 398 g/mol. The van der Waals surface area contributed by atoms with Gasteiger partial charge in [0.2, 0.25) is 0 Å². The number of aryl methyl sites for hydroxylation is 1. The molecule has 0 amide bonds. The third kappa shape index (κ3) is 3.22. The number of carbonyl (C=O) groups excluding carboxylic acids is 1. The lowest BCUT2D eigenvalue weighted by atomic mass is 10.0. The minimum absolute atomic E-state index is 0.0605. The van der Waals surface area contributed by atoms with E-state index in [1.807, 2.05) is 49.4 Å². The van der Waals surface area contributed by atoms with Gasteiger partial charge in [0.05, 0.1) is 18.4 Å². The van der Waals surface area contributed by atoms with Crippen molar-refractivity contribution >= 4 is 33.4 Å². The van der Waals surface area contributed by atoms with E-state index in [4.69, 9.17) is 9.15 Å². The van der Waals surface area contributed by atoms with E-state index in [1.54, 1.807) is 18.5 Å². The van der Waals surface area contributed by atoms with Crippen LogP contribution in [0.2, 0.25) is 0 Å². The summed E-state index contributed by atoms with van der Waals surface area (Å²) in [6, 6.07) is 16.9. The number of aromatic nitrogens is 2. The highest BCUT2D eigenvalue weighted by Crippen LogP contribution is 2.30. The molecule has 0 aliphatic heterocycles. The van der Waals surface area contributed by atoms with Crippen LogP contribution in [0.4, 0.5) is 0 Å². The molecule has 5 aromatic rings. The number of hydrogen-bond acceptors (Lipinski definition) is 5. The average molecular weight is 398 g/mol. The number of nitrogens with zero attached hydrogens (tertiary/aromatic N) is 2. The summed E-state index contributed by atoms with van der Waals surface area (Å²) in [6.45, 7) is 1.85. The van der Waals surface area contributed by atoms with E-state index in [0.29, 0.717) is 11.3 Å². The Labute approximate surface area is 171 Å². The molecule has 0 aliphatic carbocycles. The van der Waals surface area contributed by atoms with E-state index in [9.17, 15) is 9.59 Å². The number of benzene rings is 2. The fraction of sp³-hybridized carbons (Fsp3) is 0.125. The average Bonchev–Trinajstić information content (AvgIpc) is 3.16. The Bertz CT molecular complexity index is 1480. The first kappa shape index (κ1) is 18.1. The maximum atomic E-state index is 12.5. The van der Waals surface area contributed by atoms with Gasteiger partial charge in [-0.3, -0.25) is 14.0 Å². The molecule has 0 N–H and O–H groups in total. The summed E-state index contributed by atoms with van der Waals surface area (Å²) in [5.41, 5.74) is 3.20. The highest BCUT2D eigenvalue weighted by Gasteiger charge is 2.14. The lowest BCUT2D eigenvalue weighted by Crippen LogP contribution is -2.17. The molecular weight excluding hydrogens is 380 g/mol. The Kier molecular flexibility index (Phi) is 4.32. The first-order valence-corrected chi connectivity index (χ1v) is 9.61. The molecule has 0 saturated carbocycles. The molecule has 3 heterocycles. The van der Waals surface area contributed by atoms with E-state index in [0.717, 1.165) is 32.9 Å². The van der Waals surface area contributed by atoms with Gasteiger partial charge in [0.15, 0.2) is 0 Å². The number of esters is 1. The standard InChI is InChI=1S/C24H18N2O4/c1-15-6-9-21-25-18(11-22(27)26(21)12-15)14-30-23(28)10-17-13-29-20-8-7-16-4-2-3-5-19(16)24(17)20/h2-9,11-13H,10,14H2,1H3. The van der Waals surface area contributed by atoms with Crippen molar-refractivity contribution in [3.8, 4) is 0 Å². The number of furan rings is 1. The van der Waals surface area contributed by atoms with Gasteiger partial charge in [-0.2, -0.15) is 0 Å². The van der Waals surface area contributed by atoms with Crippen molar-refractivity contribution in [3.05, 3.63) is 94.2 Å². The molecule has 0 aliphatic rings. The van der Waals surface area contributed by atoms with Crippen molar-refractivity contribution in [1.29, 1.82) is 0 Å². The summed E-state index contributed by atoms with van der Waals surface area (Å²) in [4.78, 5) is 29.2. The summed E-state index contributed by atoms with van der Waals surface area (Å²) in [5.74, 6) is -0.406. The summed E-state index contributed by atoms with van der Waals surface area (Å²) in [7, 11) is 0. The lowest BCUT2D eigenvalue weighted by Gasteiger charge is -2.07. The number of ether oxygens (including phenoxy) is 1. The van der Waals surface area contributed by atoms with Gasteiger partial charge >= 0.3 is 5.97 Å². The Morgan fingerprint density at radius 3 is 2.90 bits per heavy atom. The highest BCUT2D eigenvalue weighted by atomic mass is 16.5. The van der Waals surface area contributed by atoms with E-state index in [2.05, 4.69) is 4.98 Å². The largest absolute Gasteiger partial charge is 0.464 e. The molecule has 0 fully saturated rings. The van der Waals surface area contributed by atoms with Crippen LogP contribution < -0.4 is 5.56 Å². The summed E-state index contributed by atoms with van der Waals surface area (Å²) < 4.78 is 12.5. The van der Waals surface area contributed by atoms with Crippen LogP contribution in [-0.4, -0.2) is 15.4 Å². The molecular formula is C24H18N2O4. The van der Waals surface area contributed by atoms with Crippen molar-refractivity contribution in [2.24, 2.45) is 0 Å². The predicted molar refractivity (Wildman–Crippen MR) is 113 cm³/mol. The van der Waals surface area contributed by atoms with Gasteiger partial charge in [0.25, 0.3) is 5.56 Å². The van der Waals surface area contributed by atoms with Gasteiger partial charge in [-0.15, -0.1) is 0 Å². The van der Waals surface area contributed by atoms with Crippen LogP contribution in [0.3, 0.4) is 0 Å². The normalized spacial score (nSPS) is 11.4. The number of rotatable bonds is 4. The second-order valence-electron chi connectivity index (χ2n) is 7.28. The summed E-state index contributed by atoms with van der Waals surface area (Å²) in [5, 5.41) is 3.03. The Morgan fingerprint density at radius 2 is 2.00 bits per heavy atom. The van der Waals surface area contributed by atoms with E-state index < -0.39 is 5.97 Å². The summed E-state index contributed by atoms with van der Waals surface area (Å²) >= 11 is 0. The molecule has 2 aromatic carbocycles. The van der Waals surface area contributed by atoms with E-state index >= 15 is 0 Å². The topological polar surface area (TPSA) is 73.8 Å². The zero-order chi connectivity index (χ0) is 20.7. The van der Waals surface area contributed by atoms with Crippen molar-refractivity contribution in [2.75, 3.05) is 0 Å². The SMILES string of the molecule is Cc1ccc2nc(COC(=O)Cc3coc4ccc5ccccc5c34)cc(=O)n2c1. The van der Waals surface area contributed by atoms with Crippen molar-refractivity contribution in [2.45, 2.75) is 20.0 Å². The summed E-state index contributed by atoms with van der Waals surface area (Å²) in [6.07, 6.45) is 3.41. The number of pyridine rings is 1. The van der Waals surface area contributed by atoms with Crippen molar-refractivity contribution < 1.29 is 13.9 Å². The zero-order valence-corrected chi connectivity index (χ0v) is 16.3. The van der Waals surface area contributed by atoms with Crippen molar-refractivity contribution in [3.63, 3.8) is 0 Å². The Balaban J connectivity index is 1.37. The van der Waals surface area contributed by atoms with Gasteiger partial charge in [-0.05, 0) is 35.4 Å². The molecule has 0 unspecified atom stereocenters. The molecule has 0 radical (unpaired) electrons. The fourth-order valence-electron chi connectivity index (χ4n) is 3.70. The molecule has 0 atom stereocenters. The molecule has 5 rings (SSSR count). The zero-order valence-electron chi connectivity index (χ0n) is 16.3. The minimum atomic E-state index is -0.406. The number of carbonyl (C=O) groups is 1. The third-order valence-electron chi connectivity index (χ3n) is 5.12. The first-order valence-electron chi connectivity index (χ1n) is 9.61. The van der Waals surface area contributed by atoms with Crippen LogP contribution in [0, 0.1) is 6.92 Å². The van der Waals surface area contributed by atoms with Gasteiger partial charge in [-0.25, -0.2) is 4.98 Å². The van der Waals surface area contributed by atoms with Gasteiger partial charge < -0.3 is 9.15 Å². The molecule has 6 nitrogen and oxygen atoms in total. The van der Waals surface area contributed by atoms with Crippen LogP contribution in [0.1, 0.15) is 16.8 Å². The first-order chi connectivity index (χ1) is 14.6. The van der Waals surface area contributed by atoms with Crippen molar-refractivity contribution in [1.82, 2.24) is 9.38 Å². The Hall–Kier alpha value is -3.93. The van der Waals surface area contributed by atoms with Crippen LogP contribution in [-0.2, 0) is 22.6 Å². The maximum Gasteiger partial charge on any atom is 0.310 e. The maximum absolute atomic E-state index is 12.5. The van der Waals surface area contributed by atoms with Gasteiger partial charge in [0, 0.05) is 23.2 Å². The molecule has 0 saturated heterocycles. The van der Waals surface area contributed by atoms with Gasteiger partial charge in [0.1, 0.15) is 17.8 Å². The predicted octanol–water partition coefficient (Wildman–Crippen LogP) is 4.19. The number of hydrogen-bond donors (Lipinski definition) is 0. The van der Waals surface area contributed by atoms with Crippen LogP contribution in [0.25, 0.3) is 27.4 Å². The number of fused-ring (bicyclic) bond motifs is 4. The van der Waals surface area contributed by atoms with Gasteiger partial charge in [-0.1, -0.05) is 36.4 Å². The molecule has 30 heavy (non-hydrogen) atoms. The third-order valence-corrected chi connectivity index (χ3v) is 5.12. The van der Waals surface area contributed by atoms with Crippen LogP contribution in [0.5, 0.6) is 0 Å². The smallest absolute Gasteiger partial charge is 0.310 e. The lowest BCUT2D eigenvalue weighted by molar-refractivity contribution is -0.144. The van der Waals surface area contributed by atoms with Crippen LogP contribution >= 0.6 is 0 Å². The molecule has 0 bridgehead atoms. The van der Waals surface area contributed by atoms with Crippen LogP contribution in [0.15, 0.2) is 76.3 Å². The highest BCUT2D eigenvalue weighted by molar-refractivity contribution is 6.08. The molecule has 148 valence electrons.